The second kappa shape index (κ2) is 9.62. The van der Waals surface area contributed by atoms with E-state index in [9.17, 15) is 4.79 Å². The minimum absolute atomic E-state index is 0.313. The molecule has 0 saturated carbocycles. The summed E-state index contributed by atoms with van der Waals surface area (Å²) in [6.07, 6.45) is 7.24. The number of aryl methyl sites for hydroxylation is 2. The van der Waals surface area contributed by atoms with Crippen molar-refractivity contribution in [2.75, 3.05) is 17.7 Å². The first-order valence-electron chi connectivity index (χ1n) is 10.4. The zero-order valence-electron chi connectivity index (χ0n) is 17.7. The van der Waals surface area contributed by atoms with Crippen LogP contribution >= 0.6 is 23.6 Å². The largest absolute Gasteiger partial charge is 0.465 e. The van der Waals surface area contributed by atoms with Gasteiger partial charge in [0.15, 0.2) is 10.9 Å². The Balaban J connectivity index is 1.45. The van der Waals surface area contributed by atoms with Gasteiger partial charge in [-0.25, -0.2) is 4.79 Å². The summed E-state index contributed by atoms with van der Waals surface area (Å²) in [6.45, 7) is 2.76. The Labute approximate surface area is 191 Å². The van der Waals surface area contributed by atoms with Crippen molar-refractivity contribution in [1.29, 1.82) is 0 Å². The fourth-order valence-corrected chi connectivity index (χ4v) is 5.35. The molecule has 162 valence electrons. The maximum atomic E-state index is 12.5. The van der Waals surface area contributed by atoms with Crippen LogP contribution in [-0.4, -0.2) is 28.0 Å². The third kappa shape index (κ3) is 5.14. The second-order valence-electron chi connectivity index (χ2n) is 7.72. The highest BCUT2D eigenvalue weighted by Crippen LogP contribution is 2.38. The van der Waals surface area contributed by atoms with Crippen molar-refractivity contribution in [1.82, 2.24) is 9.78 Å². The number of rotatable bonds is 5. The Bertz CT molecular complexity index is 1090. The molecule has 0 spiro atoms. The average molecular weight is 455 g/mol. The predicted octanol–water partition coefficient (Wildman–Crippen LogP) is 5.17. The molecule has 6 nitrogen and oxygen atoms in total. The highest BCUT2D eigenvalue weighted by Gasteiger charge is 2.25. The fraction of sp³-hybridized carbons (Fsp3) is 0.348. The smallest absolute Gasteiger partial charge is 0.341 e. The number of thiophene rings is 1. The quantitative estimate of drug-likeness (QED) is 0.315. The maximum Gasteiger partial charge on any atom is 0.341 e. The standard InChI is InChI=1S/C23H26N4O2S2/c1-15-8-10-16(11-9-15)14-27-13-12-19(26-27)24-23(30)25-21-20(22(28)29-2)17-6-4-3-5-7-18(17)31-21/h8-13H,3-7,14H2,1-2H3,(H2,24,25,26,30). The minimum atomic E-state index is -0.313. The number of benzene rings is 1. The summed E-state index contributed by atoms with van der Waals surface area (Å²) in [5.74, 6) is 0.342. The molecule has 2 heterocycles. The van der Waals surface area contributed by atoms with Crippen LogP contribution in [0.25, 0.3) is 0 Å². The number of carbonyl (C=O) groups excluding carboxylic acids is 1. The van der Waals surface area contributed by atoms with E-state index >= 15 is 0 Å². The number of hydrogen-bond acceptors (Lipinski definition) is 5. The molecule has 0 aliphatic heterocycles. The van der Waals surface area contributed by atoms with Crippen LogP contribution in [0.1, 0.15) is 51.2 Å². The highest BCUT2D eigenvalue weighted by molar-refractivity contribution is 7.80. The van der Waals surface area contributed by atoms with Crippen LogP contribution in [0.15, 0.2) is 36.5 Å². The Morgan fingerprint density at radius 2 is 1.94 bits per heavy atom. The molecule has 0 unspecified atom stereocenters. The molecule has 0 amide bonds. The number of thiocarbonyl (C=S) groups is 1. The van der Waals surface area contributed by atoms with Gasteiger partial charge in [0.05, 0.1) is 19.2 Å². The van der Waals surface area contributed by atoms with E-state index in [1.165, 1.54) is 29.5 Å². The predicted molar refractivity (Wildman–Crippen MR) is 129 cm³/mol. The number of methoxy groups -OCH3 is 1. The van der Waals surface area contributed by atoms with Gasteiger partial charge in [-0.15, -0.1) is 11.3 Å². The number of nitrogens with zero attached hydrogens (tertiary/aromatic N) is 2. The Hall–Kier alpha value is -2.71. The minimum Gasteiger partial charge on any atom is -0.465 e. The van der Waals surface area contributed by atoms with Crippen molar-refractivity contribution in [3.8, 4) is 0 Å². The number of fused-ring (bicyclic) bond motifs is 1. The molecule has 0 fully saturated rings. The summed E-state index contributed by atoms with van der Waals surface area (Å²) in [6, 6.07) is 10.3. The van der Waals surface area contributed by atoms with E-state index in [1.54, 1.807) is 11.3 Å². The Morgan fingerprint density at radius 3 is 2.71 bits per heavy atom. The molecule has 8 heteroatoms. The van der Waals surface area contributed by atoms with Crippen molar-refractivity contribution in [3.63, 3.8) is 0 Å². The molecule has 2 aromatic heterocycles. The molecular weight excluding hydrogens is 428 g/mol. The second-order valence-corrected chi connectivity index (χ2v) is 9.24. The number of anilines is 2. The van der Waals surface area contributed by atoms with Crippen molar-refractivity contribution in [2.24, 2.45) is 0 Å². The molecule has 31 heavy (non-hydrogen) atoms. The third-order valence-electron chi connectivity index (χ3n) is 5.39. The Kier molecular flexibility index (Phi) is 6.67. The van der Waals surface area contributed by atoms with Gasteiger partial charge in [-0.05, 0) is 56.0 Å². The molecule has 0 radical (unpaired) electrons. The van der Waals surface area contributed by atoms with Crippen LogP contribution < -0.4 is 10.6 Å². The van der Waals surface area contributed by atoms with E-state index in [0.717, 1.165) is 36.2 Å². The molecule has 1 aliphatic carbocycles. The summed E-state index contributed by atoms with van der Waals surface area (Å²) in [4.78, 5) is 13.7. The van der Waals surface area contributed by atoms with Gasteiger partial charge < -0.3 is 15.4 Å². The van der Waals surface area contributed by atoms with Gasteiger partial charge >= 0.3 is 5.97 Å². The zero-order chi connectivity index (χ0) is 21.8. The van der Waals surface area contributed by atoms with Crippen molar-refractivity contribution in [3.05, 3.63) is 63.7 Å². The zero-order valence-corrected chi connectivity index (χ0v) is 19.4. The molecular formula is C23H26N4O2S2. The van der Waals surface area contributed by atoms with Crippen molar-refractivity contribution >= 4 is 45.5 Å². The lowest BCUT2D eigenvalue weighted by Crippen LogP contribution is -2.20. The number of esters is 1. The van der Waals surface area contributed by atoms with Crippen molar-refractivity contribution in [2.45, 2.75) is 45.6 Å². The van der Waals surface area contributed by atoms with Gasteiger partial charge in [-0.3, -0.25) is 4.68 Å². The first-order chi connectivity index (χ1) is 15.0. The van der Waals surface area contributed by atoms with Gasteiger partial charge in [0, 0.05) is 17.1 Å². The first-order valence-corrected chi connectivity index (χ1v) is 11.7. The van der Waals surface area contributed by atoms with Gasteiger partial charge in [-0.1, -0.05) is 36.2 Å². The van der Waals surface area contributed by atoms with Crippen LogP contribution in [0.3, 0.4) is 0 Å². The fourth-order valence-electron chi connectivity index (χ4n) is 3.80. The molecule has 0 saturated heterocycles. The van der Waals surface area contributed by atoms with E-state index in [0.29, 0.717) is 23.0 Å². The first kappa shape index (κ1) is 21.5. The topological polar surface area (TPSA) is 68.2 Å². The van der Waals surface area contributed by atoms with E-state index in [1.807, 2.05) is 16.9 Å². The summed E-state index contributed by atoms with van der Waals surface area (Å²) < 4.78 is 6.92. The maximum absolute atomic E-state index is 12.5. The number of nitrogens with one attached hydrogen (secondary N) is 2. The molecule has 3 aromatic rings. The summed E-state index contributed by atoms with van der Waals surface area (Å²) >= 11 is 7.11. The SMILES string of the molecule is COC(=O)c1c(NC(=S)Nc2ccn(Cc3ccc(C)cc3)n2)sc2c1CCCCC2. The molecule has 2 N–H and O–H groups in total. The molecule has 0 bridgehead atoms. The molecule has 0 atom stereocenters. The van der Waals surface area contributed by atoms with Crippen LogP contribution in [0.5, 0.6) is 0 Å². The number of aromatic nitrogens is 2. The third-order valence-corrected chi connectivity index (χ3v) is 6.80. The van der Waals surface area contributed by atoms with Crippen LogP contribution in [0, 0.1) is 6.92 Å². The number of ether oxygens (including phenoxy) is 1. The van der Waals surface area contributed by atoms with E-state index in [-0.39, 0.29) is 5.97 Å². The van der Waals surface area contributed by atoms with Gasteiger partial charge in [0.1, 0.15) is 5.00 Å². The van der Waals surface area contributed by atoms with Gasteiger partial charge in [0.25, 0.3) is 0 Å². The monoisotopic (exact) mass is 454 g/mol. The number of carbonyl (C=O) groups is 1. The summed E-state index contributed by atoms with van der Waals surface area (Å²) in [5.41, 5.74) is 4.16. The van der Waals surface area contributed by atoms with Crippen LogP contribution in [-0.2, 0) is 24.1 Å². The molecule has 1 aromatic carbocycles. The van der Waals surface area contributed by atoms with Crippen LogP contribution in [0.2, 0.25) is 0 Å². The normalized spacial score (nSPS) is 13.2. The summed E-state index contributed by atoms with van der Waals surface area (Å²) in [5, 5.41) is 12.0. The lowest BCUT2D eigenvalue weighted by Gasteiger charge is -2.10. The Morgan fingerprint density at radius 1 is 1.16 bits per heavy atom. The number of hydrogen-bond donors (Lipinski definition) is 2. The molecule has 1 aliphatic rings. The van der Waals surface area contributed by atoms with E-state index in [2.05, 4.69) is 46.9 Å². The lowest BCUT2D eigenvalue weighted by atomic mass is 10.1. The van der Waals surface area contributed by atoms with Crippen molar-refractivity contribution < 1.29 is 9.53 Å². The molecule has 4 rings (SSSR count). The summed E-state index contributed by atoms with van der Waals surface area (Å²) in [7, 11) is 1.42. The van der Waals surface area contributed by atoms with E-state index in [4.69, 9.17) is 17.0 Å². The lowest BCUT2D eigenvalue weighted by molar-refractivity contribution is 0.0601. The highest BCUT2D eigenvalue weighted by atomic mass is 32.1. The van der Waals surface area contributed by atoms with Gasteiger partial charge in [-0.2, -0.15) is 5.10 Å². The average Bonchev–Trinajstić information content (AvgIpc) is 3.25. The van der Waals surface area contributed by atoms with Gasteiger partial charge in [0.2, 0.25) is 0 Å². The van der Waals surface area contributed by atoms with Crippen LogP contribution in [0.4, 0.5) is 10.8 Å². The van der Waals surface area contributed by atoms with E-state index < -0.39 is 0 Å².